The van der Waals surface area contributed by atoms with Crippen LogP contribution in [0.5, 0.6) is 0 Å². The minimum absolute atomic E-state index is 0.0571. The van der Waals surface area contributed by atoms with Crippen LogP contribution >= 0.6 is 11.6 Å². The number of amides is 1. The molecule has 0 aliphatic heterocycles. The Morgan fingerprint density at radius 3 is 1.70 bits per heavy atom. The van der Waals surface area contributed by atoms with E-state index in [2.05, 4.69) is 12.2 Å². The number of nitrogens with one attached hydrogen (secondary N) is 1. The highest BCUT2D eigenvalue weighted by Gasteiger charge is 2.02. The summed E-state index contributed by atoms with van der Waals surface area (Å²) in [6, 6.07) is 0. The molecule has 0 aliphatic carbocycles. The van der Waals surface area contributed by atoms with Gasteiger partial charge >= 0.3 is 0 Å². The van der Waals surface area contributed by atoms with E-state index in [4.69, 9.17) is 11.6 Å². The van der Waals surface area contributed by atoms with Crippen molar-refractivity contribution in [3.63, 3.8) is 0 Å². The molecule has 0 spiro atoms. The van der Waals surface area contributed by atoms with Crippen LogP contribution in [0.25, 0.3) is 0 Å². The van der Waals surface area contributed by atoms with Gasteiger partial charge in [-0.15, -0.1) is 0 Å². The van der Waals surface area contributed by atoms with Crippen LogP contribution in [0.3, 0.4) is 0 Å². The summed E-state index contributed by atoms with van der Waals surface area (Å²) in [6.07, 6.45) is 14.5. The average molecular weight is 304 g/mol. The third-order valence-corrected chi connectivity index (χ3v) is 3.57. The Balaban J connectivity index is 3.12. The van der Waals surface area contributed by atoms with E-state index < -0.39 is 5.24 Å². The molecule has 0 bridgehead atoms. The topological polar surface area (TPSA) is 46.2 Å². The molecule has 0 saturated carbocycles. The second kappa shape index (κ2) is 14.8. The predicted octanol–water partition coefficient (Wildman–Crippen LogP) is 4.57. The van der Waals surface area contributed by atoms with Crippen molar-refractivity contribution in [1.82, 2.24) is 5.32 Å². The lowest BCUT2D eigenvalue weighted by atomic mass is 10.1. The Labute approximate surface area is 128 Å². The molecule has 20 heavy (non-hydrogen) atoms. The number of halogens is 1. The molecule has 0 heterocycles. The van der Waals surface area contributed by atoms with Gasteiger partial charge in [0.25, 0.3) is 0 Å². The van der Waals surface area contributed by atoms with E-state index in [1.54, 1.807) is 0 Å². The number of carbonyl (C=O) groups excluding carboxylic acids is 2. The summed E-state index contributed by atoms with van der Waals surface area (Å²) in [5.41, 5.74) is 0. The second-order valence-electron chi connectivity index (χ2n) is 5.42. The van der Waals surface area contributed by atoms with Crippen LogP contribution in [0.2, 0.25) is 0 Å². The second-order valence-corrected chi connectivity index (χ2v) is 5.84. The maximum atomic E-state index is 11.3. The van der Waals surface area contributed by atoms with Crippen LogP contribution in [0.4, 0.5) is 0 Å². The number of hydrogen-bond donors (Lipinski definition) is 1. The molecule has 0 aromatic carbocycles. The molecule has 0 aromatic rings. The summed E-state index contributed by atoms with van der Waals surface area (Å²) in [7, 11) is 0. The molecule has 0 unspecified atom stereocenters. The molecule has 0 aromatic heterocycles. The van der Waals surface area contributed by atoms with Gasteiger partial charge in [-0.2, -0.15) is 0 Å². The zero-order valence-electron chi connectivity index (χ0n) is 12.9. The minimum Gasteiger partial charge on any atom is -0.348 e. The fourth-order valence-electron chi connectivity index (χ4n) is 2.21. The van der Waals surface area contributed by atoms with Gasteiger partial charge in [-0.1, -0.05) is 71.1 Å². The SMILES string of the molecule is CCCCCCCCCCCCCC(=O)NCC(=O)Cl. The summed E-state index contributed by atoms with van der Waals surface area (Å²) in [5, 5.41) is 1.98. The van der Waals surface area contributed by atoms with E-state index in [1.807, 2.05) is 0 Å². The molecule has 0 fully saturated rings. The van der Waals surface area contributed by atoms with Crippen LogP contribution in [0.1, 0.15) is 84.0 Å². The van der Waals surface area contributed by atoms with Gasteiger partial charge in [0.05, 0.1) is 6.54 Å². The first-order valence-corrected chi connectivity index (χ1v) is 8.49. The highest BCUT2D eigenvalue weighted by molar-refractivity contribution is 6.64. The molecule has 4 heteroatoms. The van der Waals surface area contributed by atoms with Crippen LogP contribution in [0.15, 0.2) is 0 Å². The number of carbonyl (C=O) groups is 2. The zero-order chi connectivity index (χ0) is 15.1. The van der Waals surface area contributed by atoms with Gasteiger partial charge < -0.3 is 5.32 Å². The lowest BCUT2D eigenvalue weighted by molar-refractivity contribution is -0.123. The minimum atomic E-state index is -0.516. The summed E-state index contributed by atoms with van der Waals surface area (Å²) in [6.45, 7) is 2.19. The van der Waals surface area contributed by atoms with Crippen molar-refractivity contribution >= 4 is 22.8 Å². The van der Waals surface area contributed by atoms with Crippen molar-refractivity contribution in [3.05, 3.63) is 0 Å². The van der Waals surface area contributed by atoms with E-state index in [0.717, 1.165) is 12.8 Å². The monoisotopic (exact) mass is 303 g/mol. The molecule has 0 aliphatic rings. The van der Waals surface area contributed by atoms with Gasteiger partial charge in [0.15, 0.2) is 0 Å². The maximum Gasteiger partial charge on any atom is 0.240 e. The first kappa shape index (κ1) is 19.4. The van der Waals surface area contributed by atoms with E-state index >= 15 is 0 Å². The Bertz CT molecular complexity index is 257. The molecule has 3 nitrogen and oxygen atoms in total. The van der Waals surface area contributed by atoms with Crippen molar-refractivity contribution in [1.29, 1.82) is 0 Å². The zero-order valence-corrected chi connectivity index (χ0v) is 13.6. The average Bonchev–Trinajstić information content (AvgIpc) is 2.42. The van der Waals surface area contributed by atoms with Crippen molar-refractivity contribution < 1.29 is 9.59 Å². The van der Waals surface area contributed by atoms with Crippen molar-refractivity contribution in [2.45, 2.75) is 84.0 Å². The first-order valence-electron chi connectivity index (χ1n) is 8.11. The predicted molar refractivity (Wildman–Crippen MR) is 84.9 cm³/mol. The van der Waals surface area contributed by atoms with Gasteiger partial charge in [0.2, 0.25) is 11.1 Å². The van der Waals surface area contributed by atoms with Gasteiger partial charge in [-0.05, 0) is 18.0 Å². The van der Waals surface area contributed by atoms with Crippen molar-refractivity contribution in [3.8, 4) is 0 Å². The van der Waals surface area contributed by atoms with Crippen LogP contribution in [-0.2, 0) is 9.59 Å². The highest BCUT2D eigenvalue weighted by Crippen LogP contribution is 2.11. The molecule has 118 valence electrons. The summed E-state index contributed by atoms with van der Waals surface area (Å²) in [5.74, 6) is -0.0741. The Kier molecular flexibility index (Phi) is 14.4. The largest absolute Gasteiger partial charge is 0.348 e. The van der Waals surface area contributed by atoms with Gasteiger partial charge in [0.1, 0.15) is 0 Å². The van der Waals surface area contributed by atoms with Gasteiger partial charge in [-0.25, -0.2) is 0 Å². The molecule has 1 N–H and O–H groups in total. The standard InChI is InChI=1S/C16H30ClNO2/c1-2-3-4-5-6-7-8-9-10-11-12-13-16(20)18-14-15(17)19/h2-14H2,1H3,(H,18,20). The lowest BCUT2D eigenvalue weighted by Crippen LogP contribution is -2.27. The number of unbranched alkanes of at least 4 members (excludes halogenated alkanes) is 10. The molecule has 0 saturated heterocycles. The van der Waals surface area contributed by atoms with Crippen molar-refractivity contribution in [2.75, 3.05) is 6.54 Å². The molecule has 0 radical (unpaired) electrons. The van der Waals surface area contributed by atoms with Crippen LogP contribution in [-0.4, -0.2) is 17.7 Å². The summed E-state index contributed by atoms with van der Waals surface area (Å²) >= 11 is 5.14. The van der Waals surface area contributed by atoms with E-state index in [9.17, 15) is 9.59 Å². The quantitative estimate of drug-likeness (QED) is 0.377. The fourth-order valence-corrected chi connectivity index (χ4v) is 2.27. The van der Waals surface area contributed by atoms with Gasteiger partial charge in [-0.3, -0.25) is 9.59 Å². The van der Waals surface area contributed by atoms with E-state index in [1.165, 1.54) is 57.8 Å². The Hall–Kier alpha value is -0.570. The summed E-state index contributed by atoms with van der Waals surface area (Å²) < 4.78 is 0. The fraction of sp³-hybridized carbons (Fsp3) is 0.875. The lowest BCUT2D eigenvalue weighted by Gasteiger charge is -2.03. The van der Waals surface area contributed by atoms with Crippen molar-refractivity contribution in [2.24, 2.45) is 0 Å². The Morgan fingerprint density at radius 1 is 0.800 bits per heavy atom. The molecule has 1 amide bonds. The smallest absolute Gasteiger partial charge is 0.240 e. The molecular formula is C16H30ClNO2. The van der Waals surface area contributed by atoms with Gasteiger partial charge in [0, 0.05) is 6.42 Å². The molecule has 0 rings (SSSR count). The van der Waals surface area contributed by atoms with Crippen LogP contribution in [0, 0.1) is 0 Å². The maximum absolute atomic E-state index is 11.3. The molecular weight excluding hydrogens is 274 g/mol. The molecule has 0 atom stereocenters. The number of rotatable bonds is 14. The van der Waals surface area contributed by atoms with E-state index in [0.29, 0.717) is 6.42 Å². The van der Waals surface area contributed by atoms with E-state index in [-0.39, 0.29) is 12.5 Å². The normalized spacial score (nSPS) is 10.5. The first-order chi connectivity index (χ1) is 9.66. The Morgan fingerprint density at radius 2 is 1.25 bits per heavy atom. The summed E-state index contributed by atoms with van der Waals surface area (Å²) in [4.78, 5) is 21.7. The van der Waals surface area contributed by atoms with Crippen LogP contribution < -0.4 is 5.32 Å². The number of hydrogen-bond acceptors (Lipinski definition) is 2. The highest BCUT2D eigenvalue weighted by atomic mass is 35.5. The third-order valence-electron chi connectivity index (χ3n) is 3.43. The third kappa shape index (κ3) is 15.5.